The van der Waals surface area contributed by atoms with Gasteiger partial charge < -0.3 is 9.57 Å². The van der Waals surface area contributed by atoms with Gasteiger partial charge in [0.25, 0.3) is 0 Å². The van der Waals surface area contributed by atoms with Crippen molar-refractivity contribution >= 4 is 17.7 Å². The summed E-state index contributed by atoms with van der Waals surface area (Å²) >= 11 is 0. The number of ether oxygens (including phenoxy) is 1. The van der Waals surface area contributed by atoms with Crippen LogP contribution in [-0.2, 0) is 19.2 Å². The van der Waals surface area contributed by atoms with Gasteiger partial charge in [0, 0.05) is 6.92 Å². The maximum atomic E-state index is 12.1. The highest BCUT2D eigenvalue weighted by Crippen LogP contribution is 2.40. The van der Waals surface area contributed by atoms with Gasteiger partial charge in [0.1, 0.15) is 5.41 Å². The zero-order chi connectivity index (χ0) is 13.6. The molecule has 0 N–H and O–H groups in total. The molecule has 5 heteroatoms. The van der Waals surface area contributed by atoms with Gasteiger partial charge in [-0.1, -0.05) is 11.2 Å². The van der Waals surface area contributed by atoms with Gasteiger partial charge in [-0.3, -0.25) is 4.79 Å². The predicted octanol–water partition coefficient (Wildman–Crippen LogP) is 2.21. The van der Waals surface area contributed by atoms with E-state index >= 15 is 0 Å². The number of esters is 1. The summed E-state index contributed by atoms with van der Waals surface area (Å²) in [6, 6.07) is 0. The quantitative estimate of drug-likeness (QED) is 0.326. The van der Waals surface area contributed by atoms with Crippen molar-refractivity contribution < 1.29 is 19.2 Å². The number of allylic oxidation sites excluding steroid dienone is 1. The van der Waals surface area contributed by atoms with Crippen molar-refractivity contribution in [2.75, 3.05) is 6.61 Å². The summed E-state index contributed by atoms with van der Waals surface area (Å²) in [5.41, 5.74) is -0.219. The molecule has 0 aromatic heterocycles. The van der Waals surface area contributed by atoms with Gasteiger partial charge in [-0.15, -0.1) is 6.58 Å². The highest BCUT2D eigenvalue weighted by Gasteiger charge is 2.47. The number of hydrogen-bond donors (Lipinski definition) is 0. The third kappa shape index (κ3) is 2.97. The summed E-state index contributed by atoms with van der Waals surface area (Å²) in [7, 11) is 0. The molecule has 0 bridgehead atoms. The lowest BCUT2D eigenvalue weighted by Gasteiger charge is -2.25. The summed E-state index contributed by atoms with van der Waals surface area (Å²) in [5, 5.41) is 3.82. The van der Waals surface area contributed by atoms with E-state index in [-0.39, 0.29) is 5.97 Å². The maximum absolute atomic E-state index is 12.1. The monoisotopic (exact) mass is 253 g/mol. The van der Waals surface area contributed by atoms with E-state index in [4.69, 9.17) is 4.74 Å². The molecule has 0 amide bonds. The van der Waals surface area contributed by atoms with Gasteiger partial charge in [-0.05, 0) is 32.6 Å². The van der Waals surface area contributed by atoms with Crippen LogP contribution in [0.1, 0.15) is 39.5 Å². The molecule has 1 saturated carbocycles. The molecule has 0 unspecified atom stereocenters. The lowest BCUT2D eigenvalue weighted by molar-refractivity contribution is -0.151. The van der Waals surface area contributed by atoms with Gasteiger partial charge >= 0.3 is 11.9 Å². The predicted molar refractivity (Wildman–Crippen MR) is 66.9 cm³/mol. The van der Waals surface area contributed by atoms with Crippen molar-refractivity contribution in [2.45, 2.75) is 39.5 Å². The molecule has 0 aliphatic heterocycles. The first kappa shape index (κ1) is 14.4. The third-order valence-corrected chi connectivity index (χ3v) is 3.01. The largest absolute Gasteiger partial charge is 0.465 e. The van der Waals surface area contributed by atoms with Crippen LogP contribution in [0, 0.1) is 5.41 Å². The van der Waals surface area contributed by atoms with E-state index in [2.05, 4.69) is 16.6 Å². The van der Waals surface area contributed by atoms with Crippen molar-refractivity contribution in [1.82, 2.24) is 0 Å². The summed E-state index contributed by atoms with van der Waals surface area (Å²) in [4.78, 5) is 27.6. The zero-order valence-electron chi connectivity index (χ0n) is 10.9. The van der Waals surface area contributed by atoms with Crippen molar-refractivity contribution in [3.63, 3.8) is 0 Å². The summed E-state index contributed by atoms with van der Waals surface area (Å²) < 4.78 is 5.11. The van der Waals surface area contributed by atoms with E-state index in [1.165, 1.54) is 6.92 Å². The fourth-order valence-corrected chi connectivity index (χ4v) is 2.23. The zero-order valence-corrected chi connectivity index (χ0v) is 10.9. The highest BCUT2D eigenvalue weighted by molar-refractivity contribution is 6.08. The van der Waals surface area contributed by atoms with Crippen LogP contribution in [0.25, 0.3) is 0 Å². The second-order valence-corrected chi connectivity index (χ2v) is 4.27. The number of hydrogen-bond acceptors (Lipinski definition) is 5. The molecular formula is C13H19NO4. The lowest BCUT2D eigenvalue weighted by atomic mass is 9.81. The lowest BCUT2D eigenvalue weighted by Crippen LogP contribution is -2.36. The van der Waals surface area contributed by atoms with Crippen LogP contribution in [0.2, 0.25) is 0 Å². The minimum Gasteiger partial charge on any atom is -0.465 e. The Labute approximate surface area is 107 Å². The molecule has 1 aliphatic rings. The summed E-state index contributed by atoms with van der Waals surface area (Å²) in [5.74, 6) is -0.806. The van der Waals surface area contributed by atoms with Crippen molar-refractivity contribution in [3.8, 4) is 0 Å². The van der Waals surface area contributed by atoms with Crippen molar-refractivity contribution in [2.24, 2.45) is 10.6 Å². The second-order valence-electron chi connectivity index (χ2n) is 4.27. The molecule has 18 heavy (non-hydrogen) atoms. The number of carbonyl (C=O) groups is 2. The van der Waals surface area contributed by atoms with E-state index < -0.39 is 11.4 Å². The molecule has 0 radical (unpaired) electrons. The van der Waals surface area contributed by atoms with Crippen molar-refractivity contribution in [3.05, 3.63) is 12.7 Å². The highest BCUT2D eigenvalue weighted by atomic mass is 16.7. The molecule has 100 valence electrons. The molecule has 0 aromatic rings. The molecule has 0 spiro atoms. The first-order valence-corrected chi connectivity index (χ1v) is 6.10. The third-order valence-electron chi connectivity index (χ3n) is 3.01. The Hall–Kier alpha value is -1.65. The maximum Gasteiger partial charge on any atom is 0.331 e. The fraction of sp³-hybridized carbons (Fsp3) is 0.615. The molecular weight excluding hydrogens is 234 g/mol. The molecule has 1 rings (SSSR count). The van der Waals surface area contributed by atoms with E-state index in [9.17, 15) is 9.59 Å². The van der Waals surface area contributed by atoms with Gasteiger partial charge in [-0.2, -0.15) is 0 Å². The normalized spacial score (nSPS) is 24.9. The van der Waals surface area contributed by atoms with Crippen LogP contribution in [0.4, 0.5) is 0 Å². The first-order chi connectivity index (χ1) is 8.56. The Kier molecular flexibility index (Phi) is 5.07. The van der Waals surface area contributed by atoms with Crippen LogP contribution >= 0.6 is 0 Å². The van der Waals surface area contributed by atoms with E-state index in [1.807, 2.05) is 0 Å². The Balaban J connectivity index is 3.00. The molecule has 0 saturated heterocycles. The van der Waals surface area contributed by atoms with Gasteiger partial charge in [0.15, 0.2) is 0 Å². The average molecular weight is 253 g/mol. The molecule has 0 aromatic carbocycles. The van der Waals surface area contributed by atoms with Crippen LogP contribution in [0.3, 0.4) is 0 Å². The average Bonchev–Trinajstić information content (AvgIpc) is 2.71. The van der Waals surface area contributed by atoms with Gasteiger partial charge in [0.2, 0.25) is 0 Å². The summed E-state index contributed by atoms with van der Waals surface area (Å²) in [6.45, 7) is 7.03. The minimum absolute atomic E-state index is 0.312. The van der Waals surface area contributed by atoms with Gasteiger partial charge in [0.05, 0.1) is 12.3 Å². The number of oxime groups is 1. The number of rotatable bonds is 5. The van der Waals surface area contributed by atoms with Crippen LogP contribution < -0.4 is 0 Å². The Morgan fingerprint density at radius 1 is 1.56 bits per heavy atom. The van der Waals surface area contributed by atoms with Crippen LogP contribution in [-0.4, -0.2) is 24.3 Å². The van der Waals surface area contributed by atoms with Crippen LogP contribution in [0.5, 0.6) is 0 Å². The van der Waals surface area contributed by atoms with E-state index in [1.54, 1.807) is 13.0 Å². The SMILES string of the molecule is C=CC[C@@]1(C(=O)OCC)CCC/C1=N\OC(C)=O. The molecule has 1 atom stereocenters. The van der Waals surface area contributed by atoms with Crippen molar-refractivity contribution in [1.29, 1.82) is 0 Å². The fourth-order valence-electron chi connectivity index (χ4n) is 2.23. The molecule has 0 heterocycles. The Morgan fingerprint density at radius 2 is 2.28 bits per heavy atom. The van der Waals surface area contributed by atoms with E-state index in [0.717, 1.165) is 6.42 Å². The first-order valence-electron chi connectivity index (χ1n) is 6.10. The minimum atomic E-state index is -0.798. The Bertz CT molecular complexity index is 375. The Morgan fingerprint density at radius 3 is 2.83 bits per heavy atom. The standard InChI is InChI=1S/C13H19NO4/c1-4-8-13(12(16)17-5-2)9-6-7-11(13)14-18-10(3)15/h4H,1,5-9H2,2-3H3/b14-11+/t13-/m1/s1. The van der Waals surface area contributed by atoms with Gasteiger partial charge in [-0.25, -0.2) is 4.79 Å². The summed E-state index contributed by atoms with van der Waals surface area (Å²) in [6.07, 6.45) is 4.24. The number of carbonyl (C=O) groups excluding carboxylic acids is 2. The van der Waals surface area contributed by atoms with E-state index in [0.29, 0.717) is 31.6 Å². The topological polar surface area (TPSA) is 65.0 Å². The smallest absolute Gasteiger partial charge is 0.331 e. The second kappa shape index (κ2) is 6.33. The molecule has 5 nitrogen and oxygen atoms in total. The molecule has 1 fully saturated rings. The number of nitrogens with zero attached hydrogens (tertiary/aromatic N) is 1. The molecule has 1 aliphatic carbocycles. The van der Waals surface area contributed by atoms with Crippen LogP contribution in [0.15, 0.2) is 17.8 Å².